The predicted octanol–water partition coefficient (Wildman–Crippen LogP) is 2.58. The highest BCUT2D eigenvalue weighted by molar-refractivity contribution is 5.44. The van der Waals surface area contributed by atoms with E-state index in [1.807, 2.05) is 6.07 Å². The highest BCUT2D eigenvalue weighted by Crippen LogP contribution is 2.35. The molecule has 1 aromatic carbocycles. The Bertz CT molecular complexity index is 470. The lowest BCUT2D eigenvalue weighted by Crippen LogP contribution is -2.36. The highest BCUT2D eigenvalue weighted by atomic mass is 16.6. The van der Waals surface area contributed by atoms with Crippen LogP contribution in [0.3, 0.4) is 0 Å². The number of piperidine rings is 1. The molecule has 1 fully saturated rings. The van der Waals surface area contributed by atoms with Gasteiger partial charge >= 0.3 is 0 Å². The van der Waals surface area contributed by atoms with Gasteiger partial charge in [-0.05, 0) is 69.4 Å². The molecule has 0 saturated carbocycles. The van der Waals surface area contributed by atoms with E-state index in [9.17, 15) is 0 Å². The Hall–Kier alpha value is -1.26. The number of nitrogens with zero attached hydrogens (tertiary/aromatic N) is 1. The van der Waals surface area contributed by atoms with E-state index >= 15 is 0 Å². The second-order valence-corrected chi connectivity index (χ2v) is 6.14. The third-order valence-electron chi connectivity index (χ3n) is 4.82. The van der Waals surface area contributed by atoms with Gasteiger partial charge in [0.1, 0.15) is 13.2 Å². The van der Waals surface area contributed by atoms with Crippen LogP contribution < -0.4 is 15.2 Å². The predicted molar refractivity (Wildman–Crippen MR) is 83.8 cm³/mol. The summed E-state index contributed by atoms with van der Waals surface area (Å²) < 4.78 is 11.3. The fraction of sp³-hybridized carbons (Fsp3) is 0.647. The van der Waals surface area contributed by atoms with Crippen molar-refractivity contribution in [1.82, 2.24) is 4.90 Å². The van der Waals surface area contributed by atoms with Crippen molar-refractivity contribution in [2.24, 2.45) is 11.7 Å². The first kappa shape index (κ1) is 14.7. The van der Waals surface area contributed by atoms with Crippen LogP contribution in [0.5, 0.6) is 11.5 Å². The summed E-state index contributed by atoms with van der Waals surface area (Å²) in [5.74, 6) is 2.58. The normalized spacial score (nSPS) is 21.2. The first-order valence-corrected chi connectivity index (χ1v) is 8.11. The van der Waals surface area contributed by atoms with Crippen LogP contribution in [-0.4, -0.2) is 37.7 Å². The summed E-state index contributed by atoms with van der Waals surface area (Å²) >= 11 is 0. The average Bonchev–Trinajstić information content (AvgIpc) is 2.55. The fourth-order valence-corrected chi connectivity index (χ4v) is 3.40. The Morgan fingerprint density at radius 1 is 1.19 bits per heavy atom. The van der Waals surface area contributed by atoms with Crippen molar-refractivity contribution in [2.75, 3.05) is 32.8 Å². The van der Waals surface area contributed by atoms with Crippen LogP contribution in [0.2, 0.25) is 0 Å². The summed E-state index contributed by atoms with van der Waals surface area (Å²) in [6, 6.07) is 6.79. The largest absolute Gasteiger partial charge is 0.486 e. The lowest BCUT2D eigenvalue weighted by Gasteiger charge is -2.36. The molecule has 0 amide bonds. The Morgan fingerprint density at radius 3 is 2.62 bits per heavy atom. The summed E-state index contributed by atoms with van der Waals surface area (Å²) in [7, 11) is 0. The smallest absolute Gasteiger partial charge is 0.161 e. The molecule has 2 heterocycles. The molecule has 1 saturated heterocycles. The van der Waals surface area contributed by atoms with E-state index < -0.39 is 0 Å². The minimum absolute atomic E-state index is 0.430. The first-order valence-electron chi connectivity index (χ1n) is 8.11. The van der Waals surface area contributed by atoms with E-state index in [0.29, 0.717) is 19.3 Å². The number of fused-ring (bicyclic) bond motifs is 1. The Kier molecular flexibility index (Phi) is 4.66. The number of likely N-dealkylation sites (tertiary alicyclic amines) is 1. The van der Waals surface area contributed by atoms with E-state index in [-0.39, 0.29) is 0 Å². The fourth-order valence-electron chi connectivity index (χ4n) is 3.40. The van der Waals surface area contributed by atoms with Gasteiger partial charge in [-0.15, -0.1) is 0 Å². The van der Waals surface area contributed by atoms with Crippen molar-refractivity contribution >= 4 is 0 Å². The van der Waals surface area contributed by atoms with Gasteiger partial charge in [-0.2, -0.15) is 0 Å². The molecule has 2 aliphatic heterocycles. The lowest BCUT2D eigenvalue weighted by molar-refractivity contribution is 0.137. The van der Waals surface area contributed by atoms with Crippen LogP contribution in [0.4, 0.5) is 0 Å². The zero-order valence-electron chi connectivity index (χ0n) is 12.9. The maximum atomic E-state index is 5.69. The van der Waals surface area contributed by atoms with Gasteiger partial charge in [0.2, 0.25) is 0 Å². The average molecular weight is 290 g/mol. The van der Waals surface area contributed by atoms with E-state index in [2.05, 4.69) is 24.0 Å². The van der Waals surface area contributed by atoms with Gasteiger partial charge in [-0.25, -0.2) is 0 Å². The number of hydrogen-bond donors (Lipinski definition) is 1. The van der Waals surface area contributed by atoms with Gasteiger partial charge < -0.3 is 15.2 Å². The Balaban J connectivity index is 1.64. The summed E-state index contributed by atoms with van der Waals surface area (Å²) in [6.07, 6.45) is 3.71. The molecule has 1 unspecified atom stereocenters. The van der Waals surface area contributed by atoms with Crippen LogP contribution in [0.1, 0.15) is 37.8 Å². The summed E-state index contributed by atoms with van der Waals surface area (Å²) in [4.78, 5) is 2.57. The summed E-state index contributed by atoms with van der Waals surface area (Å²) in [5.41, 5.74) is 6.99. The van der Waals surface area contributed by atoms with Gasteiger partial charge in [-0.3, -0.25) is 4.90 Å². The number of benzene rings is 1. The van der Waals surface area contributed by atoms with Crippen molar-refractivity contribution in [2.45, 2.75) is 32.2 Å². The highest BCUT2D eigenvalue weighted by Gasteiger charge is 2.24. The van der Waals surface area contributed by atoms with Crippen molar-refractivity contribution < 1.29 is 9.47 Å². The SMILES string of the molecule is CC(c1ccc2c(c1)OCCO2)N1CCC(CCN)CC1. The standard InChI is InChI=1S/C17H26N2O2/c1-13(19-8-5-14(4-7-18)6-9-19)15-2-3-16-17(12-15)21-11-10-20-16/h2-3,12-14H,4-11,18H2,1H3. The molecule has 2 N–H and O–H groups in total. The van der Waals surface area contributed by atoms with Crippen molar-refractivity contribution in [3.8, 4) is 11.5 Å². The molecule has 21 heavy (non-hydrogen) atoms. The molecule has 2 aliphatic rings. The molecule has 1 aromatic rings. The molecule has 0 bridgehead atoms. The third kappa shape index (κ3) is 3.33. The van der Waals surface area contributed by atoms with E-state index in [0.717, 1.165) is 24.0 Å². The molecule has 116 valence electrons. The molecule has 4 heteroatoms. The molecule has 3 rings (SSSR count). The van der Waals surface area contributed by atoms with Gasteiger partial charge in [0.25, 0.3) is 0 Å². The second kappa shape index (κ2) is 6.67. The summed E-state index contributed by atoms with van der Waals surface area (Å²) in [5, 5.41) is 0. The quantitative estimate of drug-likeness (QED) is 0.926. The van der Waals surface area contributed by atoms with Gasteiger partial charge in [0.05, 0.1) is 0 Å². The van der Waals surface area contributed by atoms with Crippen LogP contribution in [0.15, 0.2) is 18.2 Å². The van der Waals surface area contributed by atoms with E-state index in [1.54, 1.807) is 0 Å². The Labute approximate surface area is 127 Å². The molecular formula is C17H26N2O2. The minimum atomic E-state index is 0.430. The number of hydrogen-bond acceptors (Lipinski definition) is 4. The summed E-state index contributed by atoms with van der Waals surface area (Å²) in [6.45, 7) is 6.74. The van der Waals surface area contributed by atoms with Gasteiger partial charge in [0, 0.05) is 6.04 Å². The van der Waals surface area contributed by atoms with Crippen LogP contribution in [0, 0.1) is 5.92 Å². The molecule has 0 aromatic heterocycles. The maximum Gasteiger partial charge on any atom is 0.161 e. The monoisotopic (exact) mass is 290 g/mol. The van der Waals surface area contributed by atoms with Gasteiger partial charge in [0.15, 0.2) is 11.5 Å². The molecule has 0 radical (unpaired) electrons. The number of nitrogens with two attached hydrogens (primary N) is 1. The Morgan fingerprint density at radius 2 is 1.90 bits per heavy atom. The first-order chi connectivity index (χ1) is 10.3. The van der Waals surface area contributed by atoms with E-state index in [1.165, 1.54) is 37.9 Å². The zero-order chi connectivity index (χ0) is 14.7. The molecule has 1 atom stereocenters. The topological polar surface area (TPSA) is 47.7 Å². The van der Waals surface area contributed by atoms with Crippen molar-refractivity contribution in [1.29, 1.82) is 0 Å². The van der Waals surface area contributed by atoms with Crippen molar-refractivity contribution in [3.05, 3.63) is 23.8 Å². The number of ether oxygens (including phenoxy) is 2. The van der Waals surface area contributed by atoms with Gasteiger partial charge in [-0.1, -0.05) is 6.07 Å². The van der Waals surface area contributed by atoms with Crippen LogP contribution in [-0.2, 0) is 0 Å². The molecule has 0 aliphatic carbocycles. The van der Waals surface area contributed by atoms with E-state index in [4.69, 9.17) is 15.2 Å². The molecule has 4 nitrogen and oxygen atoms in total. The minimum Gasteiger partial charge on any atom is -0.486 e. The third-order valence-corrected chi connectivity index (χ3v) is 4.82. The number of rotatable bonds is 4. The lowest BCUT2D eigenvalue weighted by atomic mass is 9.92. The second-order valence-electron chi connectivity index (χ2n) is 6.14. The molecular weight excluding hydrogens is 264 g/mol. The molecule has 0 spiro atoms. The maximum absolute atomic E-state index is 5.69. The zero-order valence-corrected chi connectivity index (χ0v) is 12.9. The van der Waals surface area contributed by atoms with Crippen LogP contribution >= 0.6 is 0 Å². The van der Waals surface area contributed by atoms with Crippen LogP contribution in [0.25, 0.3) is 0 Å². The van der Waals surface area contributed by atoms with Crippen molar-refractivity contribution in [3.63, 3.8) is 0 Å².